The molecule has 0 unspecified atom stereocenters. The van der Waals surface area contributed by atoms with E-state index in [1.807, 2.05) is 12.1 Å². The van der Waals surface area contributed by atoms with E-state index in [0.717, 1.165) is 17.7 Å². The van der Waals surface area contributed by atoms with Crippen molar-refractivity contribution in [2.24, 2.45) is 0 Å². The quantitative estimate of drug-likeness (QED) is 0.385. The normalized spacial score (nSPS) is 12.8. The molecule has 0 saturated carbocycles. The minimum atomic E-state index is 0.929. The molecule has 1 aliphatic heterocycles. The minimum absolute atomic E-state index is 0.929. The molecule has 2 heteroatoms. The first kappa shape index (κ1) is 10.2. The summed E-state index contributed by atoms with van der Waals surface area (Å²) >= 11 is 0. The molecule has 0 saturated heterocycles. The summed E-state index contributed by atoms with van der Waals surface area (Å²) in [4.78, 5) is 0. The van der Waals surface area contributed by atoms with Crippen LogP contribution in [0.25, 0.3) is 33.2 Å². The van der Waals surface area contributed by atoms with Crippen molar-refractivity contribution >= 4 is 21.9 Å². The summed E-state index contributed by atoms with van der Waals surface area (Å²) in [7, 11) is 0. The predicted octanol–water partition coefficient (Wildman–Crippen LogP) is 3.90. The van der Waals surface area contributed by atoms with Crippen LogP contribution in [0.3, 0.4) is 0 Å². The third kappa shape index (κ3) is 1.16. The highest BCUT2D eigenvalue weighted by Crippen LogP contribution is 2.38. The second-order valence-electron chi connectivity index (χ2n) is 5.29. The van der Waals surface area contributed by atoms with Gasteiger partial charge >= 0.3 is 0 Å². The third-order valence-electron chi connectivity index (χ3n) is 4.17. The van der Waals surface area contributed by atoms with E-state index in [-0.39, 0.29) is 0 Å². The maximum Gasteiger partial charge on any atom is 0.217 e. The van der Waals surface area contributed by atoms with Crippen LogP contribution in [0.2, 0.25) is 0 Å². The number of benzene rings is 2. The lowest BCUT2D eigenvalue weighted by molar-refractivity contribution is -0.672. The molecular weight excluding hydrogens is 246 g/mol. The molecule has 2 aromatic carbocycles. The Bertz CT molecular complexity index is 981. The highest BCUT2D eigenvalue weighted by molar-refractivity contribution is 6.09. The van der Waals surface area contributed by atoms with Gasteiger partial charge in [-0.15, -0.1) is 0 Å². The van der Waals surface area contributed by atoms with Crippen LogP contribution in [0.5, 0.6) is 0 Å². The summed E-state index contributed by atoms with van der Waals surface area (Å²) in [5.41, 5.74) is 5.81. The molecule has 0 radical (unpaired) electrons. The van der Waals surface area contributed by atoms with Crippen LogP contribution in [-0.4, -0.2) is 0 Å². The molecule has 3 heterocycles. The van der Waals surface area contributed by atoms with Gasteiger partial charge in [0.2, 0.25) is 5.69 Å². The van der Waals surface area contributed by atoms with Crippen LogP contribution in [0.1, 0.15) is 5.56 Å². The fraction of sp³-hybridized carbons (Fsp3) is 0.0556. The summed E-state index contributed by atoms with van der Waals surface area (Å²) in [6.45, 7) is 0.929. The fourth-order valence-corrected chi connectivity index (χ4v) is 3.27. The standard InChI is InChI=1S/C18H12NO/c1-2-7-16-13(5-1)14-9-8-12-11-19-10-4-3-6-15(19)17(12)18(14)20-16/h1-10H,11H2/q+1. The number of furan rings is 1. The number of rotatable bonds is 0. The van der Waals surface area contributed by atoms with Gasteiger partial charge in [0.05, 0.1) is 5.56 Å². The van der Waals surface area contributed by atoms with Gasteiger partial charge < -0.3 is 4.42 Å². The summed E-state index contributed by atoms with van der Waals surface area (Å²) in [6.07, 6.45) is 2.13. The number of hydrogen-bond acceptors (Lipinski definition) is 1. The summed E-state index contributed by atoms with van der Waals surface area (Å²) < 4.78 is 8.41. The average molecular weight is 258 g/mol. The Morgan fingerprint density at radius 1 is 0.850 bits per heavy atom. The molecule has 2 aromatic heterocycles. The maximum absolute atomic E-state index is 6.14. The Morgan fingerprint density at radius 2 is 1.75 bits per heavy atom. The second kappa shape index (κ2) is 3.48. The number of para-hydroxylation sites is 1. The smallest absolute Gasteiger partial charge is 0.217 e. The van der Waals surface area contributed by atoms with E-state index < -0.39 is 0 Å². The van der Waals surface area contributed by atoms with Gasteiger partial charge in [-0.05, 0) is 18.2 Å². The average Bonchev–Trinajstić information content (AvgIpc) is 3.04. The van der Waals surface area contributed by atoms with Crippen LogP contribution >= 0.6 is 0 Å². The van der Waals surface area contributed by atoms with Crippen molar-refractivity contribution in [3.63, 3.8) is 0 Å². The highest BCUT2D eigenvalue weighted by atomic mass is 16.3. The SMILES string of the molecule is c1cc[n+]2c(c1)-c1c(ccc3c1oc1ccccc13)C2. The van der Waals surface area contributed by atoms with E-state index in [0.29, 0.717) is 0 Å². The molecule has 20 heavy (non-hydrogen) atoms. The van der Waals surface area contributed by atoms with E-state index in [9.17, 15) is 0 Å². The van der Waals surface area contributed by atoms with Crippen LogP contribution in [0.4, 0.5) is 0 Å². The van der Waals surface area contributed by atoms with Gasteiger partial charge in [0.15, 0.2) is 12.7 Å². The van der Waals surface area contributed by atoms with Crippen LogP contribution < -0.4 is 4.57 Å². The summed E-state index contributed by atoms with van der Waals surface area (Å²) in [6, 6.07) is 19.0. The molecule has 0 aliphatic carbocycles. The van der Waals surface area contributed by atoms with Crippen molar-refractivity contribution in [1.29, 1.82) is 0 Å². The van der Waals surface area contributed by atoms with E-state index >= 15 is 0 Å². The Kier molecular flexibility index (Phi) is 1.78. The van der Waals surface area contributed by atoms with Gasteiger partial charge in [-0.25, -0.2) is 0 Å². The van der Waals surface area contributed by atoms with Crippen molar-refractivity contribution in [2.45, 2.75) is 6.54 Å². The molecule has 0 amide bonds. The lowest BCUT2D eigenvalue weighted by Gasteiger charge is -1.95. The first-order valence-electron chi connectivity index (χ1n) is 6.84. The topological polar surface area (TPSA) is 17.0 Å². The zero-order valence-corrected chi connectivity index (χ0v) is 10.8. The van der Waals surface area contributed by atoms with Crippen molar-refractivity contribution in [1.82, 2.24) is 0 Å². The molecule has 1 aliphatic rings. The second-order valence-corrected chi connectivity index (χ2v) is 5.29. The maximum atomic E-state index is 6.14. The number of hydrogen-bond donors (Lipinski definition) is 0. The van der Waals surface area contributed by atoms with Crippen LogP contribution in [0.15, 0.2) is 65.2 Å². The molecule has 94 valence electrons. The molecule has 0 atom stereocenters. The van der Waals surface area contributed by atoms with Crippen molar-refractivity contribution in [3.05, 3.63) is 66.4 Å². The molecule has 0 N–H and O–H groups in total. The number of pyridine rings is 1. The number of aromatic nitrogens is 1. The molecule has 0 fully saturated rings. The van der Waals surface area contributed by atoms with E-state index in [4.69, 9.17) is 4.42 Å². The zero-order valence-electron chi connectivity index (χ0n) is 10.8. The van der Waals surface area contributed by atoms with E-state index in [1.165, 1.54) is 27.6 Å². The van der Waals surface area contributed by atoms with E-state index in [2.05, 4.69) is 53.2 Å². The monoisotopic (exact) mass is 258 g/mol. The highest BCUT2D eigenvalue weighted by Gasteiger charge is 2.29. The van der Waals surface area contributed by atoms with Gasteiger partial charge in [0, 0.05) is 28.5 Å². The summed E-state index contributed by atoms with van der Waals surface area (Å²) in [5.74, 6) is 0. The van der Waals surface area contributed by atoms with Crippen molar-refractivity contribution < 1.29 is 8.98 Å². The first-order valence-corrected chi connectivity index (χ1v) is 6.84. The Labute approximate surface area is 115 Å². The first-order chi connectivity index (χ1) is 9.92. The predicted molar refractivity (Wildman–Crippen MR) is 78.5 cm³/mol. The molecule has 0 bridgehead atoms. The molecular formula is C18H12NO+. The van der Waals surface area contributed by atoms with Crippen LogP contribution in [-0.2, 0) is 6.54 Å². The molecule has 0 spiro atoms. The third-order valence-corrected chi connectivity index (χ3v) is 4.17. The molecule has 4 aromatic rings. The Balaban J connectivity index is 1.99. The van der Waals surface area contributed by atoms with Crippen LogP contribution in [0, 0.1) is 0 Å². The minimum Gasteiger partial charge on any atom is -0.455 e. The molecule has 2 nitrogen and oxygen atoms in total. The lowest BCUT2D eigenvalue weighted by atomic mass is 10.0. The van der Waals surface area contributed by atoms with Gasteiger partial charge in [-0.1, -0.05) is 24.3 Å². The Hall–Kier alpha value is -2.61. The lowest BCUT2D eigenvalue weighted by Crippen LogP contribution is -2.31. The fourth-order valence-electron chi connectivity index (χ4n) is 3.27. The van der Waals surface area contributed by atoms with E-state index in [1.54, 1.807) is 0 Å². The van der Waals surface area contributed by atoms with Gasteiger partial charge in [-0.3, -0.25) is 0 Å². The van der Waals surface area contributed by atoms with Gasteiger partial charge in [0.1, 0.15) is 11.2 Å². The Morgan fingerprint density at radius 3 is 2.75 bits per heavy atom. The largest absolute Gasteiger partial charge is 0.455 e. The van der Waals surface area contributed by atoms with Gasteiger partial charge in [0.25, 0.3) is 0 Å². The van der Waals surface area contributed by atoms with Crippen molar-refractivity contribution in [3.8, 4) is 11.3 Å². The van der Waals surface area contributed by atoms with Crippen molar-refractivity contribution in [2.75, 3.05) is 0 Å². The van der Waals surface area contributed by atoms with Gasteiger partial charge in [-0.2, -0.15) is 4.57 Å². The summed E-state index contributed by atoms with van der Waals surface area (Å²) in [5, 5.41) is 2.40. The zero-order chi connectivity index (χ0) is 13.1. The molecule has 5 rings (SSSR count). The number of nitrogens with zero attached hydrogens (tertiary/aromatic N) is 1. The number of fused-ring (bicyclic) bond motifs is 7.